The fraction of sp³-hybridized carbons (Fsp3) is 0.933. The van der Waals surface area contributed by atoms with Crippen molar-refractivity contribution in [2.75, 3.05) is 52.9 Å². The molecule has 2 heterocycles. The van der Waals surface area contributed by atoms with E-state index >= 15 is 0 Å². The van der Waals surface area contributed by atoms with Crippen molar-refractivity contribution >= 4 is 5.91 Å². The molecule has 2 aliphatic rings. The molecular weight excluding hydrogens is 252 g/mol. The van der Waals surface area contributed by atoms with E-state index in [-0.39, 0.29) is 0 Å². The first-order valence-corrected chi connectivity index (χ1v) is 8.11. The number of hydrogen-bond donors (Lipinski definition) is 1. The number of amides is 1. The topological polar surface area (TPSA) is 52.8 Å². The normalized spacial score (nSPS) is 27.1. The van der Waals surface area contributed by atoms with Crippen molar-refractivity contribution in [1.82, 2.24) is 14.7 Å². The Bertz CT molecular complexity index is 302. The first-order chi connectivity index (χ1) is 9.70. The standard InChI is InChI=1S/C15H30N4O/c1-17-9-10-19(14(11-16)12-17)13-15(20)18-7-5-3-2-4-6-8-18/h14H,2-13,16H2,1H3. The third kappa shape index (κ3) is 4.43. The number of likely N-dealkylation sites (N-methyl/N-ethyl adjacent to an activating group) is 1. The van der Waals surface area contributed by atoms with E-state index in [0.717, 1.165) is 45.6 Å². The van der Waals surface area contributed by atoms with Gasteiger partial charge >= 0.3 is 0 Å². The van der Waals surface area contributed by atoms with E-state index < -0.39 is 0 Å². The van der Waals surface area contributed by atoms with E-state index in [1.807, 2.05) is 0 Å². The van der Waals surface area contributed by atoms with Crippen LogP contribution >= 0.6 is 0 Å². The van der Waals surface area contributed by atoms with Gasteiger partial charge in [0.05, 0.1) is 6.54 Å². The summed E-state index contributed by atoms with van der Waals surface area (Å²) in [7, 11) is 2.13. The second-order valence-electron chi connectivity index (χ2n) is 6.27. The summed E-state index contributed by atoms with van der Waals surface area (Å²) in [5.41, 5.74) is 5.86. The summed E-state index contributed by atoms with van der Waals surface area (Å²) in [6.07, 6.45) is 6.19. The van der Waals surface area contributed by atoms with Gasteiger partial charge in [0, 0.05) is 45.3 Å². The summed E-state index contributed by atoms with van der Waals surface area (Å²) in [6, 6.07) is 0.326. The quantitative estimate of drug-likeness (QED) is 0.812. The maximum Gasteiger partial charge on any atom is 0.236 e. The van der Waals surface area contributed by atoms with Crippen LogP contribution in [0.2, 0.25) is 0 Å². The number of nitrogens with zero attached hydrogens (tertiary/aromatic N) is 3. The van der Waals surface area contributed by atoms with Gasteiger partial charge in [0.25, 0.3) is 0 Å². The number of carbonyl (C=O) groups excluding carboxylic acids is 1. The highest BCUT2D eigenvalue weighted by Crippen LogP contribution is 2.12. The van der Waals surface area contributed by atoms with E-state index in [1.54, 1.807) is 0 Å². The van der Waals surface area contributed by atoms with Crippen molar-refractivity contribution in [3.8, 4) is 0 Å². The summed E-state index contributed by atoms with van der Waals surface area (Å²) in [4.78, 5) is 19.2. The van der Waals surface area contributed by atoms with Crippen LogP contribution in [-0.2, 0) is 4.79 Å². The predicted octanol–water partition coefficient (Wildman–Crippen LogP) is 0.354. The summed E-state index contributed by atoms with van der Waals surface area (Å²) in [6.45, 7) is 6.04. The fourth-order valence-electron chi connectivity index (χ4n) is 3.25. The first kappa shape index (κ1) is 15.7. The number of carbonyl (C=O) groups is 1. The average molecular weight is 282 g/mol. The molecule has 0 aromatic carbocycles. The second kappa shape index (κ2) is 7.96. The Balaban J connectivity index is 1.85. The van der Waals surface area contributed by atoms with E-state index in [0.29, 0.717) is 25.0 Å². The molecule has 0 radical (unpaired) electrons. The highest BCUT2D eigenvalue weighted by atomic mass is 16.2. The first-order valence-electron chi connectivity index (χ1n) is 8.11. The fourth-order valence-corrected chi connectivity index (χ4v) is 3.25. The van der Waals surface area contributed by atoms with Gasteiger partial charge in [0.1, 0.15) is 0 Å². The molecular formula is C15H30N4O. The SMILES string of the molecule is CN1CCN(CC(=O)N2CCCCCCC2)C(CN)C1. The summed E-state index contributed by atoms with van der Waals surface area (Å²) < 4.78 is 0. The van der Waals surface area contributed by atoms with Gasteiger partial charge in [0.2, 0.25) is 5.91 Å². The molecule has 1 atom stereocenters. The van der Waals surface area contributed by atoms with Gasteiger partial charge in [-0.1, -0.05) is 19.3 Å². The molecule has 5 nitrogen and oxygen atoms in total. The summed E-state index contributed by atoms with van der Waals surface area (Å²) >= 11 is 0. The van der Waals surface area contributed by atoms with Crippen molar-refractivity contribution in [1.29, 1.82) is 0 Å². The van der Waals surface area contributed by atoms with Crippen LogP contribution in [0, 0.1) is 0 Å². The monoisotopic (exact) mass is 282 g/mol. The molecule has 0 aliphatic carbocycles. The van der Waals surface area contributed by atoms with Gasteiger partial charge in [-0.05, 0) is 19.9 Å². The number of likely N-dealkylation sites (tertiary alicyclic amines) is 1. The maximum absolute atomic E-state index is 12.5. The molecule has 2 aliphatic heterocycles. The minimum Gasteiger partial charge on any atom is -0.342 e. The Morgan fingerprint density at radius 3 is 2.35 bits per heavy atom. The van der Waals surface area contributed by atoms with Crippen molar-refractivity contribution in [2.45, 2.75) is 38.1 Å². The number of hydrogen-bond acceptors (Lipinski definition) is 4. The van der Waals surface area contributed by atoms with Gasteiger partial charge in [0.15, 0.2) is 0 Å². The van der Waals surface area contributed by atoms with Gasteiger partial charge < -0.3 is 15.5 Å². The summed E-state index contributed by atoms with van der Waals surface area (Å²) in [5, 5.41) is 0. The Kier molecular flexibility index (Phi) is 6.26. The van der Waals surface area contributed by atoms with Crippen LogP contribution in [0.4, 0.5) is 0 Å². The number of nitrogens with two attached hydrogens (primary N) is 1. The van der Waals surface area contributed by atoms with Crippen LogP contribution in [0.25, 0.3) is 0 Å². The Morgan fingerprint density at radius 1 is 1.05 bits per heavy atom. The lowest BCUT2D eigenvalue weighted by molar-refractivity contribution is -0.134. The lowest BCUT2D eigenvalue weighted by Crippen LogP contribution is -2.57. The van der Waals surface area contributed by atoms with E-state index in [9.17, 15) is 4.79 Å². The van der Waals surface area contributed by atoms with Crippen molar-refractivity contribution in [2.24, 2.45) is 5.73 Å². The lowest BCUT2D eigenvalue weighted by atomic mass is 10.1. The highest BCUT2D eigenvalue weighted by Gasteiger charge is 2.27. The van der Waals surface area contributed by atoms with Crippen molar-refractivity contribution in [3.05, 3.63) is 0 Å². The Morgan fingerprint density at radius 2 is 1.70 bits per heavy atom. The molecule has 0 aromatic heterocycles. The predicted molar refractivity (Wildman–Crippen MR) is 81.6 cm³/mol. The van der Waals surface area contributed by atoms with E-state index in [4.69, 9.17) is 5.73 Å². The third-order valence-corrected chi connectivity index (χ3v) is 4.63. The van der Waals surface area contributed by atoms with Gasteiger partial charge in [-0.2, -0.15) is 0 Å². The van der Waals surface area contributed by atoms with Crippen LogP contribution in [0.1, 0.15) is 32.1 Å². The molecule has 0 spiro atoms. The molecule has 0 aromatic rings. The average Bonchev–Trinajstić information content (AvgIpc) is 2.40. The lowest BCUT2D eigenvalue weighted by Gasteiger charge is -2.40. The maximum atomic E-state index is 12.5. The third-order valence-electron chi connectivity index (χ3n) is 4.63. The number of rotatable bonds is 3. The smallest absolute Gasteiger partial charge is 0.236 e. The molecule has 0 saturated carbocycles. The molecule has 2 saturated heterocycles. The molecule has 1 amide bonds. The highest BCUT2D eigenvalue weighted by molar-refractivity contribution is 5.78. The summed E-state index contributed by atoms with van der Waals surface area (Å²) in [5.74, 6) is 0.301. The molecule has 1 unspecified atom stereocenters. The molecule has 5 heteroatoms. The molecule has 116 valence electrons. The zero-order valence-corrected chi connectivity index (χ0v) is 12.9. The van der Waals surface area contributed by atoms with Crippen molar-refractivity contribution in [3.63, 3.8) is 0 Å². The van der Waals surface area contributed by atoms with Crippen molar-refractivity contribution < 1.29 is 4.79 Å². The van der Waals surface area contributed by atoms with E-state index in [2.05, 4.69) is 21.7 Å². The minimum absolute atomic E-state index is 0.301. The van der Waals surface area contributed by atoms with Crippen LogP contribution in [0.5, 0.6) is 0 Å². The minimum atomic E-state index is 0.301. The Hall–Kier alpha value is -0.650. The van der Waals surface area contributed by atoms with Crippen LogP contribution in [0.3, 0.4) is 0 Å². The Labute approximate surface area is 123 Å². The zero-order chi connectivity index (χ0) is 14.4. The van der Waals surface area contributed by atoms with Crippen LogP contribution in [0.15, 0.2) is 0 Å². The molecule has 2 N–H and O–H groups in total. The van der Waals surface area contributed by atoms with Crippen LogP contribution < -0.4 is 5.73 Å². The molecule has 2 fully saturated rings. The molecule has 20 heavy (non-hydrogen) atoms. The van der Waals surface area contributed by atoms with Crippen LogP contribution in [-0.4, -0.2) is 79.5 Å². The largest absolute Gasteiger partial charge is 0.342 e. The second-order valence-corrected chi connectivity index (χ2v) is 6.27. The van der Waals surface area contributed by atoms with E-state index in [1.165, 1.54) is 19.3 Å². The molecule has 0 bridgehead atoms. The zero-order valence-electron chi connectivity index (χ0n) is 12.9. The molecule has 2 rings (SSSR count). The van der Waals surface area contributed by atoms with Gasteiger partial charge in [-0.15, -0.1) is 0 Å². The van der Waals surface area contributed by atoms with Gasteiger partial charge in [-0.25, -0.2) is 0 Å². The number of piperazine rings is 1. The van der Waals surface area contributed by atoms with Gasteiger partial charge in [-0.3, -0.25) is 9.69 Å².